The van der Waals surface area contributed by atoms with E-state index in [0.29, 0.717) is 22.0 Å². The molecule has 1 saturated heterocycles. The van der Waals surface area contributed by atoms with Crippen LogP contribution in [0.25, 0.3) is 0 Å². The number of aromatic nitrogens is 3. The van der Waals surface area contributed by atoms with E-state index in [-0.39, 0.29) is 33.6 Å². The van der Waals surface area contributed by atoms with Crippen molar-refractivity contribution in [1.29, 1.82) is 0 Å². The van der Waals surface area contributed by atoms with E-state index in [4.69, 9.17) is 34.8 Å². The molecule has 2 aromatic rings. The molecule has 5 rings (SSSR count). The van der Waals surface area contributed by atoms with E-state index in [1.165, 1.54) is 44.9 Å². The minimum Gasteiger partial charge on any atom is -0.477 e. The molecule has 0 saturated carbocycles. The number of pyridine rings is 1. The number of carboxylic acids is 1. The largest absolute Gasteiger partial charge is 0.477 e. The first-order valence-electron chi connectivity index (χ1n) is 12.1. The number of nitrogens with one attached hydrogen (secondary N) is 1. The van der Waals surface area contributed by atoms with Crippen LogP contribution in [-0.4, -0.2) is 66.4 Å². The number of anilines is 1. The number of nitrogen functional groups attached to an aromatic ring is 2. The van der Waals surface area contributed by atoms with Crippen molar-refractivity contribution in [1.82, 2.24) is 20.2 Å². The Bertz CT molecular complexity index is 1450. The van der Waals surface area contributed by atoms with Gasteiger partial charge in [0.05, 0.1) is 5.75 Å². The Balaban J connectivity index is 1.20. The van der Waals surface area contributed by atoms with Crippen LogP contribution >= 0.6 is 58.5 Å². The SMILES string of the molecule is Nc1nc(SC/C=C/C2=C(C(=O)O)N3C(=O)[C@@H](NC(=O)CSc4cc(Cl)nc(Cl)c4)C3SC2)c2c([n+]1N)CCC2. The number of carboxylic acid groups (broad SMARTS) is 1. The zero-order valence-corrected chi connectivity index (χ0v) is 24.8. The molecule has 0 radical (unpaired) electrons. The van der Waals surface area contributed by atoms with Crippen LogP contribution in [0.3, 0.4) is 0 Å². The number of β-lactam (4-membered cyclic amide) rings is 1. The third-order valence-electron chi connectivity index (χ3n) is 6.46. The highest BCUT2D eigenvalue weighted by atomic mass is 35.5. The number of halogens is 2. The third kappa shape index (κ3) is 5.86. The van der Waals surface area contributed by atoms with Gasteiger partial charge in [-0.05, 0) is 30.5 Å². The molecular weight excluding hydrogens is 617 g/mol. The Morgan fingerprint density at radius 1 is 1.25 bits per heavy atom. The van der Waals surface area contributed by atoms with E-state index >= 15 is 0 Å². The van der Waals surface area contributed by atoms with E-state index in [1.807, 2.05) is 6.08 Å². The highest BCUT2D eigenvalue weighted by Gasteiger charge is 2.53. The molecule has 2 aromatic heterocycles. The maximum absolute atomic E-state index is 12.9. The number of hydrogen-bond acceptors (Lipinski definition) is 10. The van der Waals surface area contributed by atoms with Crippen LogP contribution in [0.4, 0.5) is 5.95 Å². The Hall–Kier alpha value is -2.65. The van der Waals surface area contributed by atoms with Gasteiger partial charge >= 0.3 is 11.9 Å². The Kier molecular flexibility index (Phi) is 8.71. The first-order chi connectivity index (χ1) is 19.1. The van der Waals surface area contributed by atoms with Gasteiger partial charge < -0.3 is 10.4 Å². The lowest BCUT2D eigenvalue weighted by Gasteiger charge is -2.49. The van der Waals surface area contributed by atoms with Gasteiger partial charge in [-0.15, -0.1) is 28.2 Å². The second-order valence-electron chi connectivity index (χ2n) is 9.01. The molecule has 0 spiro atoms. The predicted molar refractivity (Wildman–Crippen MR) is 156 cm³/mol. The van der Waals surface area contributed by atoms with Gasteiger partial charge in [-0.3, -0.25) is 26.1 Å². The normalized spacial score (nSPS) is 19.9. The molecule has 40 heavy (non-hydrogen) atoms. The number of amides is 2. The number of nitrogens with two attached hydrogens (primary N) is 2. The van der Waals surface area contributed by atoms with Crippen LogP contribution in [0.1, 0.15) is 17.7 Å². The van der Waals surface area contributed by atoms with E-state index in [9.17, 15) is 19.5 Å². The highest BCUT2D eigenvalue weighted by molar-refractivity contribution is 8.00. The van der Waals surface area contributed by atoms with Gasteiger partial charge in [0.15, 0.2) is 5.03 Å². The van der Waals surface area contributed by atoms with Crippen molar-refractivity contribution in [2.75, 3.05) is 28.8 Å². The molecule has 2 atom stereocenters. The topological polar surface area (TPSA) is 168 Å². The molecular formula is C24H24Cl2N7O4S3+. The first kappa shape index (κ1) is 28.9. The fraction of sp³-hybridized carbons (Fsp3) is 0.333. The van der Waals surface area contributed by atoms with Gasteiger partial charge in [0.2, 0.25) is 5.91 Å². The summed E-state index contributed by atoms with van der Waals surface area (Å²) >= 11 is 15.9. The van der Waals surface area contributed by atoms with E-state index < -0.39 is 23.3 Å². The lowest BCUT2D eigenvalue weighted by atomic mass is 10.0. The summed E-state index contributed by atoms with van der Waals surface area (Å²) < 4.78 is 1.44. The number of carbonyl (C=O) groups is 3. The van der Waals surface area contributed by atoms with Crippen LogP contribution in [0.5, 0.6) is 0 Å². The first-order valence-corrected chi connectivity index (χ1v) is 15.9. The van der Waals surface area contributed by atoms with Crippen LogP contribution in [0.15, 0.2) is 45.5 Å². The van der Waals surface area contributed by atoms with Gasteiger partial charge in [0, 0.05) is 28.4 Å². The molecule has 3 aliphatic rings. The molecule has 4 heterocycles. The molecule has 11 nitrogen and oxygen atoms in total. The molecule has 210 valence electrons. The van der Waals surface area contributed by atoms with Crippen molar-refractivity contribution in [3.63, 3.8) is 0 Å². The van der Waals surface area contributed by atoms with E-state index in [2.05, 4.69) is 15.3 Å². The van der Waals surface area contributed by atoms with Gasteiger partial charge in [0.1, 0.15) is 33.1 Å². The molecule has 0 bridgehead atoms. The lowest BCUT2D eigenvalue weighted by molar-refractivity contribution is -0.634. The van der Waals surface area contributed by atoms with E-state index in [1.54, 1.807) is 18.2 Å². The number of aliphatic carboxylic acids is 1. The monoisotopic (exact) mass is 640 g/mol. The second kappa shape index (κ2) is 12.1. The van der Waals surface area contributed by atoms with Crippen molar-refractivity contribution in [3.8, 4) is 0 Å². The maximum atomic E-state index is 12.9. The highest BCUT2D eigenvalue weighted by Crippen LogP contribution is 2.41. The van der Waals surface area contributed by atoms with Crippen molar-refractivity contribution < 1.29 is 24.2 Å². The molecule has 1 fully saturated rings. The summed E-state index contributed by atoms with van der Waals surface area (Å²) in [5.74, 6) is 5.18. The number of allylic oxidation sites excluding steroid dienone is 1. The quantitative estimate of drug-likeness (QED) is 0.0790. The van der Waals surface area contributed by atoms with E-state index in [0.717, 1.165) is 35.5 Å². The minimum absolute atomic E-state index is 0.0293. The van der Waals surface area contributed by atoms with Gasteiger partial charge in [-0.25, -0.2) is 9.78 Å². The number of hydrogen-bond donors (Lipinski definition) is 4. The van der Waals surface area contributed by atoms with Crippen LogP contribution < -0.4 is 21.6 Å². The number of fused-ring (bicyclic) bond motifs is 2. The molecule has 16 heteroatoms. The molecule has 6 N–H and O–H groups in total. The maximum Gasteiger partial charge on any atom is 0.412 e. The van der Waals surface area contributed by atoms with Gasteiger partial charge in [-0.1, -0.05) is 52.1 Å². The van der Waals surface area contributed by atoms with Crippen molar-refractivity contribution in [2.24, 2.45) is 0 Å². The van der Waals surface area contributed by atoms with Gasteiger partial charge in [-0.2, -0.15) is 0 Å². The van der Waals surface area contributed by atoms with Crippen LogP contribution in [-0.2, 0) is 27.2 Å². The van der Waals surface area contributed by atoms with Crippen molar-refractivity contribution in [3.05, 3.63) is 57.1 Å². The summed E-state index contributed by atoms with van der Waals surface area (Å²) in [4.78, 5) is 47.8. The predicted octanol–water partition coefficient (Wildman–Crippen LogP) is 2.03. The summed E-state index contributed by atoms with van der Waals surface area (Å²) in [7, 11) is 0. The minimum atomic E-state index is -1.19. The molecule has 1 unspecified atom stereocenters. The molecule has 2 amide bonds. The molecule has 2 aliphatic heterocycles. The Labute approximate surface area is 252 Å². The van der Waals surface area contributed by atoms with Crippen LogP contribution in [0.2, 0.25) is 10.3 Å². The van der Waals surface area contributed by atoms with Crippen molar-refractivity contribution >= 4 is 82.2 Å². The number of thioether (sulfide) groups is 3. The zero-order chi connectivity index (χ0) is 28.6. The smallest absolute Gasteiger partial charge is 0.412 e. The fourth-order valence-electron chi connectivity index (χ4n) is 4.69. The van der Waals surface area contributed by atoms with Gasteiger partial charge in [0.25, 0.3) is 5.91 Å². The summed E-state index contributed by atoms with van der Waals surface area (Å²) in [6.45, 7) is 0. The standard InChI is InChI=1S/C24H23Cl2N7O4S3/c25-15-7-12(8-16(26)29-15)39-10-17(34)30-18-21(35)32-19(23(36)37)11(9-40-22(18)32)3-2-6-38-20-13-4-1-5-14(13)33(28)24(27)31-20/h2-3,7-8,18,22,27H,1,4-6,9-10,28H2,(H2,30,34,36,37)/p+1/b3-2+/t18-,22?/m1/s1. The zero-order valence-electron chi connectivity index (χ0n) is 20.8. The van der Waals surface area contributed by atoms with Crippen molar-refractivity contribution in [2.45, 2.75) is 40.6 Å². The average molecular weight is 642 g/mol. The molecule has 1 aliphatic carbocycles. The number of nitrogens with zero attached hydrogens (tertiary/aromatic N) is 4. The second-order valence-corrected chi connectivity index (χ2v) is 12.9. The third-order valence-corrected chi connectivity index (χ3v) is 10.1. The summed E-state index contributed by atoms with van der Waals surface area (Å²) in [6, 6.07) is 2.37. The average Bonchev–Trinajstić information content (AvgIpc) is 3.40. The fourth-order valence-corrected chi connectivity index (χ4v) is 8.27. The Morgan fingerprint density at radius 3 is 2.73 bits per heavy atom. The Morgan fingerprint density at radius 2 is 2.00 bits per heavy atom. The summed E-state index contributed by atoms with van der Waals surface area (Å²) in [6.07, 6.45) is 6.32. The summed E-state index contributed by atoms with van der Waals surface area (Å²) in [5, 5.41) is 13.4. The summed E-state index contributed by atoms with van der Waals surface area (Å²) in [5.41, 5.74) is 8.51. The molecule has 0 aromatic carbocycles. The van der Waals surface area contributed by atoms with Crippen LogP contribution in [0, 0.1) is 0 Å². The number of carbonyl (C=O) groups excluding carboxylic acids is 2. The number of rotatable bonds is 9. The lowest BCUT2D eigenvalue weighted by Crippen LogP contribution is -2.70.